The Bertz CT molecular complexity index is 338. The number of allylic oxidation sites excluding steroid dienone is 1. The Morgan fingerprint density at radius 1 is 1.60 bits per heavy atom. The van der Waals surface area contributed by atoms with Crippen LogP contribution < -0.4 is 5.56 Å². The number of rotatable bonds is 0. The molecule has 0 aliphatic heterocycles. The lowest BCUT2D eigenvalue weighted by atomic mass is 10.3. The number of fused-ring (bicyclic) bond motifs is 1. The topological polar surface area (TPSA) is 43.1 Å². The fraction of sp³-hybridized carbons (Fsp3) is 0.143. The Kier molecular flexibility index (Phi) is 0.974. The van der Waals surface area contributed by atoms with Crippen LogP contribution in [0, 0.1) is 0 Å². The molecule has 0 saturated carbocycles. The van der Waals surface area contributed by atoms with Gasteiger partial charge in [-0.1, -0.05) is 6.08 Å². The molecular formula is C7H5NO2. The summed E-state index contributed by atoms with van der Waals surface area (Å²) < 4.78 is 4.95. The Hall–Kier alpha value is -1.38. The highest BCUT2D eigenvalue weighted by Gasteiger charge is 2.10. The molecule has 0 atom stereocenters. The summed E-state index contributed by atoms with van der Waals surface area (Å²) in [6, 6.07) is 0. The monoisotopic (exact) mass is 135 g/mol. The van der Waals surface area contributed by atoms with Crippen molar-refractivity contribution in [1.82, 2.24) is 4.98 Å². The van der Waals surface area contributed by atoms with Crippen LogP contribution in [0.25, 0.3) is 6.08 Å². The molecule has 0 bridgehead atoms. The van der Waals surface area contributed by atoms with E-state index in [4.69, 9.17) is 4.42 Å². The highest BCUT2D eigenvalue weighted by Crippen LogP contribution is 2.13. The van der Waals surface area contributed by atoms with Gasteiger partial charge in [0.2, 0.25) is 0 Å². The molecule has 0 fully saturated rings. The molecule has 0 radical (unpaired) electrons. The maximum absolute atomic E-state index is 10.9. The molecule has 0 unspecified atom stereocenters. The molecule has 1 aromatic rings. The second-order valence-electron chi connectivity index (χ2n) is 2.11. The van der Waals surface area contributed by atoms with Crippen molar-refractivity contribution in [3.8, 4) is 0 Å². The van der Waals surface area contributed by atoms with Crippen LogP contribution in [0.2, 0.25) is 0 Å². The Balaban J connectivity index is 2.77. The van der Waals surface area contributed by atoms with Crippen LogP contribution >= 0.6 is 0 Å². The Labute approximate surface area is 57.0 Å². The van der Waals surface area contributed by atoms with Gasteiger partial charge < -0.3 is 4.42 Å². The lowest BCUT2D eigenvalue weighted by Gasteiger charge is -1.90. The molecule has 3 heteroatoms. The molecule has 0 aromatic carbocycles. The Morgan fingerprint density at radius 3 is 3.30 bits per heavy atom. The van der Waals surface area contributed by atoms with Gasteiger partial charge in [-0.2, -0.15) is 4.98 Å². The Morgan fingerprint density at radius 2 is 2.50 bits per heavy atom. The van der Waals surface area contributed by atoms with E-state index in [1.54, 1.807) is 6.08 Å². The highest BCUT2D eigenvalue weighted by atomic mass is 16.3. The van der Waals surface area contributed by atoms with Gasteiger partial charge in [0.1, 0.15) is 5.76 Å². The lowest BCUT2D eigenvalue weighted by Crippen LogP contribution is -2.10. The van der Waals surface area contributed by atoms with Gasteiger partial charge in [-0.15, -0.1) is 0 Å². The van der Waals surface area contributed by atoms with Gasteiger partial charge in [-0.05, 0) is 12.5 Å². The van der Waals surface area contributed by atoms with Crippen molar-refractivity contribution >= 4 is 6.08 Å². The first-order valence-electron chi connectivity index (χ1n) is 3.01. The van der Waals surface area contributed by atoms with Crippen molar-refractivity contribution in [3.63, 3.8) is 0 Å². The van der Waals surface area contributed by atoms with Crippen molar-refractivity contribution < 1.29 is 4.42 Å². The van der Waals surface area contributed by atoms with Crippen LogP contribution in [0.1, 0.15) is 11.3 Å². The minimum absolute atomic E-state index is 0.175. The van der Waals surface area contributed by atoms with Crippen LogP contribution in [0.15, 0.2) is 21.7 Å². The summed E-state index contributed by atoms with van der Waals surface area (Å²) in [7, 11) is 0. The predicted octanol–water partition coefficient (Wildman–Crippen LogP) is 0.604. The molecule has 0 N–H and O–H groups in total. The molecule has 1 heterocycles. The van der Waals surface area contributed by atoms with Crippen molar-refractivity contribution in [2.45, 2.75) is 6.42 Å². The third-order valence-electron chi connectivity index (χ3n) is 1.50. The van der Waals surface area contributed by atoms with Crippen LogP contribution in [0.3, 0.4) is 0 Å². The largest absolute Gasteiger partial charge is 0.445 e. The number of hydrogen-bond donors (Lipinski definition) is 0. The molecule has 10 heavy (non-hydrogen) atoms. The average Bonchev–Trinajstić information content (AvgIpc) is 2.36. The SMILES string of the molecule is O=c1ncoc2c1CC=C2. The van der Waals surface area contributed by atoms with Crippen LogP contribution in [0.4, 0.5) is 0 Å². The van der Waals surface area contributed by atoms with Crippen LogP contribution in [-0.4, -0.2) is 4.98 Å². The highest BCUT2D eigenvalue weighted by molar-refractivity contribution is 5.52. The molecule has 1 aromatic heterocycles. The van der Waals surface area contributed by atoms with Gasteiger partial charge in [0, 0.05) is 0 Å². The van der Waals surface area contributed by atoms with Gasteiger partial charge in [-0.3, -0.25) is 4.79 Å². The minimum atomic E-state index is -0.175. The van der Waals surface area contributed by atoms with Crippen molar-refractivity contribution in [3.05, 3.63) is 34.1 Å². The molecule has 50 valence electrons. The first-order chi connectivity index (χ1) is 4.88. The van der Waals surface area contributed by atoms with Gasteiger partial charge in [-0.25, -0.2) is 0 Å². The zero-order valence-electron chi connectivity index (χ0n) is 5.20. The van der Waals surface area contributed by atoms with E-state index in [0.717, 1.165) is 0 Å². The summed E-state index contributed by atoms with van der Waals surface area (Å²) in [5.41, 5.74) is 0.494. The normalized spacial score (nSPS) is 13.6. The van der Waals surface area contributed by atoms with E-state index in [1.807, 2.05) is 6.08 Å². The second kappa shape index (κ2) is 1.80. The van der Waals surface area contributed by atoms with E-state index >= 15 is 0 Å². The van der Waals surface area contributed by atoms with Crippen molar-refractivity contribution in [2.75, 3.05) is 0 Å². The third kappa shape index (κ3) is 0.603. The van der Waals surface area contributed by atoms with E-state index in [1.165, 1.54) is 6.39 Å². The molecule has 1 aliphatic rings. The van der Waals surface area contributed by atoms with Crippen LogP contribution in [-0.2, 0) is 6.42 Å². The summed E-state index contributed by atoms with van der Waals surface area (Å²) >= 11 is 0. The summed E-state index contributed by atoms with van der Waals surface area (Å²) in [5, 5.41) is 0. The molecule has 0 saturated heterocycles. The summed E-state index contributed by atoms with van der Waals surface area (Å²) in [6.45, 7) is 0. The smallest absolute Gasteiger partial charge is 0.279 e. The standard InChI is InChI=1S/C7H5NO2/c9-7-5-2-1-3-6(5)10-4-8-7/h1,3-4H,2H2. The maximum atomic E-state index is 10.9. The minimum Gasteiger partial charge on any atom is -0.445 e. The van der Waals surface area contributed by atoms with Gasteiger partial charge in [0.15, 0.2) is 6.39 Å². The van der Waals surface area contributed by atoms with E-state index in [-0.39, 0.29) is 5.56 Å². The fourth-order valence-electron chi connectivity index (χ4n) is 0.997. The van der Waals surface area contributed by atoms with Gasteiger partial charge >= 0.3 is 0 Å². The molecular weight excluding hydrogens is 130 g/mol. The molecule has 2 rings (SSSR count). The zero-order valence-corrected chi connectivity index (χ0v) is 5.20. The zero-order chi connectivity index (χ0) is 6.97. The van der Waals surface area contributed by atoms with Crippen molar-refractivity contribution in [2.24, 2.45) is 0 Å². The first-order valence-corrected chi connectivity index (χ1v) is 3.01. The number of nitrogens with zero attached hydrogens (tertiary/aromatic N) is 1. The number of hydrogen-bond acceptors (Lipinski definition) is 3. The summed E-state index contributed by atoms with van der Waals surface area (Å²) in [5.74, 6) is 0.653. The number of aromatic nitrogens is 1. The molecule has 3 nitrogen and oxygen atoms in total. The molecule has 1 aliphatic carbocycles. The third-order valence-corrected chi connectivity index (χ3v) is 1.50. The first kappa shape index (κ1) is 5.41. The van der Waals surface area contributed by atoms with E-state index in [0.29, 0.717) is 17.7 Å². The molecule has 0 spiro atoms. The quantitative estimate of drug-likeness (QED) is 0.523. The molecule has 0 amide bonds. The summed E-state index contributed by atoms with van der Waals surface area (Å²) in [4.78, 5) is 14.4. The van der Waals surface area contributed by atoms with Gasteiger partial charge in [0.25, 0.3) is 5.56 Å². The van der Waals surface area contributed by atoms with E-state index in [9.17, 15) is 4.79 Å². The van der Waals surface area contributed by atoms with E-state index < -0.39 is 0 Å². The van der Waals surface area contributed by atoms with Crippen molar-refractivity contribution in [1.29, 1.82) is 0 Å². The maximum Gasteiger partial charge on any atom is 0.279 e. The fourth-order valence-corrected chi connectivity index (χ4v) is 0.997. The predicted molar refractivity (Wildman–Crippen MR) is 35.5 cm³/mol. The van der Waals surface area contributed by atoms with E-state index in [2.05, 4.69) is 4.98 Å². The average molecular weight is 135 g/mol. The van der Waals surface area contributed by atoms with Gasteiger partial charge in [0.05, 0.1) is 5.56 Å². The van der Waals surface area contributed by atoms with Crippen LogP contribution in [0.5, 0.6) is 0 Å². The second-order valence-corrected chi connectivity index (χ2v) is 2.11. The lowest BCUT2D eigenvalue weighted by molar-refractivity contribution is 0.510. The summed E-state index contributed by atoms with van der Waals surface area (Å²) in [6.07, 6.45) is 5.51.